The molecule has 156 valence electrons. The quantitative estimate of drug-likeness (QED) is 0.577. The molecule has 8 heteroatoms. The molecule has 2 aromatic carbocycles. The lowest BCUT2D eigenvalue weighted by Crippen LogP contribution is -2.31. The number of carbonyl (C=O) groups is 1. The van der Waals surface area contributed by atoms with Gasteiger partial charge in [0.1, 0.15) is 23.9 Å². The van der Waals surface area contributed by atoms with E-state index in [0.717, 1.165) is 5.56 Å². The summed E-state index contributed by atoms with van der Waals surface area (Å²) in [5.74, 6) is -0.448. The summed E-state index contributed by atoms with van der Waals surface area (Å²) in [6.07, 6.45) is 0. The van der Waals surface area contributed by atoms with E-state index < -0.39 is 17.2 Å². The van der Waals surface area contributed by atoms with E-state index >= 15 is 0 Å². The summed E-state index contributed by atoms with van der Waals surface area (Å²) < 4.78 is 25.8. The summed E-state index contributed by atoms with van der Waals surface area (Å²) in [5, 5.41) is 6.76. The number of aromatic nitrogens is 2. The fourth-order valence-corrected chi connectivity index (χ4v) is 2.78. The van der Waals surface area contributed by atoms with E-state index in [0.29, 0.717) is 24.7 Å². The maximum Gasteiger partial charge on any atom is 0.276 e. The average Bonchev–Trinajstić information content (AvgIpc) is 2.74. The molecule has 1 heterocycles. The Bertz CT molecular complexity index is 1080. The number of amides is 1. The van der Waals surface area contributed by atoms with Crippen molar-refractivity contribution in [2.75, 3.05) is 20.3 Å². The Kier molecular flexibility index (Phi) is 6.92. The van der Waals surface area contributed by atoms with E-state index in [1.54, 1.807) is 38.3 Å². The number of hydrogen-bond acceptors (Lipinski definition) is 5. The smallest absolute Gasteiger partial charge is 0.276 e. The number of para-hydroxylation sites is 1. The zero-order valence-electron chi connectivity index (χ0n) is 16.7. The van der Waals surface area contributed by atoms with Gasteiger partial charge in [0, 0.05) is 25.4 Å². The van der Waals surface area contributed by atoms with Crippen molar-refractivity contribution < 1.29 is 18.7 Å². The number of aryl methyl sites for hydroxylation is 1. The maximum atomic E-state index is 14.1. The average molecular weight is 411 g/mol. The van der Waals surface area contributed by atoms with E-state index in [4.69, 9.17) is 9.47 Å². The van der Waals surface area contributed by atoms with E-state index in [2.05, 4.69) is 10.4 Å². The zero-order chi connectivity index (χ0) is 21.5. The van der Waals surface area contributed by atoms with Crippen molar-refractivity contribution in [1.82, 2.24) is 15.1 Å². The van der Waals surface area contributed by atoms with Crippen molar-refractivity contribution >= 4 is 5.91 Å². The number of nitrogens with one attached hydrogen (secondary N) is 1. The number of methoxy groups -OCH3 is 1. The highest BCUT2D eigenvalue weighted by Crippen LogP contribution is 2.14. The molecule has 0 saturated heterocycles. The minimum absolute atomic E-state index is 0.160. The second-order valence-electron chi connectivity index (χ2n) is 6.53. The van der Waals surface area contributed by atoms with Gasteiger partial charge in [-0.1, -0.05) is 24.3 Å². The molecule has 0 aliphatic carbocycles. The highest BCUT2D eigenvalue weighted by Gasteiger charge is 2.16. The summed E-state index contributed by atoms with van der Waals surface area (Å²) in [4.78, 5) is 24.8. The van der Waals surface area contributed by atoms with Crippen LogP contribution in [0.4, 0.5) is 4.39 Å². The summed E-state index contributed by atoms with van der Waals surface area (Å²) in [6.45, 7) is 2.76. The van der Waals surface area contributed by atoms with E-state index in [9.17, 15) is 14.0 Å². The van der Waals surface area contributed by atoms with Crippen LogP contribution >= 0.6 is 0 Å². The molecule has 0 unspecified atom stereocenters. The Balaban J connectivity index is 1.72. The molecule has 0 aliphatic heterocycles. The first kappa shape index (κ1) is 21.2. The van der Waals surface area contributed by atoms with Crippen LogP contribution in [0, 0.1) is 12.7 Å². The van der Waals surface area contributed by atoms with Gasteiger partial charge < -0.3 is 14.8 Å². The van der Waals surface area contributed by atoms with Gasteiger partial charge >= 0.3 is 0 Å². The Morgan fingerprint density at radius 2 is 1.87 bits per heavy atom. The van der Waals surface area contributed by atoms with E-state index in [-0.39, 0.29) is 17.9 Å². The van der Waals surface area contributed by atoms with Gasteiger partial charge in [-0.05, 0) is 36.8 Å². The van der Waals surface area contributed by atoms with Gasteiger partial charge in [0.25, 0.3) is 5.91 Å². The second-order valence-corrected chi connectivity index (χ2v) is 6.53. The fourth-order valence-electron chi connectivity index (χ4n) is 2.78. The highest BCUT2D eigenvalue weighted by molar-refractivity contribution is 5.92. The fraction of sp³-hybridized carbons (Fsp3) is 0.227. The standard InChI is InChI=1S/C22H22FN3O4/c1-15-13-20(27)21(25-26(15)19-6-4-3-5-18(19)23)22(28)24-14-16-7-9-17(10-8-16)30-12-11-29-2/h3-10,13H,11-12,14H2,1-2H3,(H,24,28). The second kappa shape index (κ2) is 9.80. The van der Waals surface area contributed by atoms with Crippen molar-refractivity contribution in [2.45, 2.75) is 13.5 Å². The Hall–Kier alpha value is -3.52. The first-order valence-electron chi connectivity index (χ1n) is 9.34. The van der Waals surface area contributed by atoms with Gasteiger partial charge in [-0.15, -0.1) is 0 Å². The number of ether oxygens (including phenoxy) is 2. The van der Waals surface area contributed by atoms with Crippen LogP contribution in [-0.4, -0.2) is 36.0 Å². The lowest BCUT2D eigenvalue weighted by Gasteiger charge is -2.12. The highest BCUT2D eigenvalue weighted by atomic mass is 19.1. The molecule has 1 N–H and O–H groups in total. The van der Waals surface area contributed by atoms with Crippen LogP contribution in [0.2, 0.25) is 0 Å². The SMILES string of the molecule is COCCOc1ccc(CNC(=O)c2nn(-c3ccccc3F)c(C)cc2=O)cc1. The third-order valence-electron chi connectivity index (χ3n) is 4.34. The van der Waals surface area contributed by atoms with E-state index in [1.165, 1.54) is 22.9 Å². The molecule has 1 aromatic heterocycles. The summed E-state index contributed by atoms with van der Waals surface area (Å²) >= 11 is 0. The summed E-state index contributed by atoms with van der Waals surface area (Å²) in [5.41, 5.74) is 0.575. The molecule has 1 amide bonds. The van der Waals surface area contributed by atoms with Crippen molar-refractivity contribution in [3.63, 3.8) is 0 Å². The molecule has 3 aromatic rings. The lowest BCUT2D eigenvalue weighted by atomic mass is 10.2. The maximum absolute atomic E-state index is 14.1. The molecular formula is C22H22FN3O4. The molecule has 0 spiro atoms. The number of benzene rings is 2. The molecule has 30 heavy (non-hydrogen) atoms. The number of nitrogens with zero attached hydrogens (tertiary/aromatic N) is 2. The topological polar surface area (TPSA) is 82.4 Å². The lowest BCUT2D eigenvalue weighted by molar-refractivity contribution is 0.0943. The Morgan fingerprint density at radius 1 is 1.13 bits per heavy atom. The Morgan fingerprint density at radius 3 is 2.57 bits per heavy atom. The first-order valence-corrected chi connectivity index (χ1v) is 9.34. The number of hydrogen-bond donors (Lipinski definition) is 1. The normalized spacial score (nSPS) is 10.6. The van der Waals surface area contributed by atoms with Gasteiger partial charge in [0.15, 0.2) is 5.69 Å². The van der Waals surface area contributed by atoms with Gasteiger partial charge in [0.2, 0.25) is 5.43 Å². The van der Waals surface area contributed by atoms with Crippen molar-refractivity contribution in [1.29, 1.82) is 0 Å². The molecule has 0 fully saturated rings. The number of halogens is 1. The minimum atomic E-state index is -0.634. The van der Waals surface area contributed by atoms with Gasteiger partial charge in [-0.2, -0.15) is 5.10 Å². The summed E-state index contributed by atoms with van der Waals surface area (Å²) in [6, 6.07) is 14.5. The molecule has 0 radical (unpaired) electrons. The van der Waals surface area contributed by atoms with Crippen molar-refractivity contribution in [3.8, 4) is 11.4 Å². The van der Waals surface area contributed by atoms with E-state index in [1.807, 2.05) is 12.1 Å². The summed E-state index contributed by atoms with van der Waals surface area (Å²) in [7, 11) is 1.60. The minimum Gasteiger partial charge on any atom is -0.491 e. The predicted molar refractivity (Wildman–Crippen MR) is 110 cm³/mol. The molecule has 0 bridgehead atoms. The van der Waals surface area contributed by atoms with Gasteiger partial charge in [0.05, 0.1) is 6.61 Å². The van der Waals surface area contributed by atoms with Gasteiger partial charge in [-0.25, -0.2) is 9.07 Å². The molecule has 7 nitrogen and oxygen atoms in total. The zero-order valence-corrected chi connectivity index (χ0v) is 16.7. The molecular weight excluding hydrogens is 389 g/mol. The van der Waals surface area contributed by atoms with Crippen LogP contribution in [0.3, 0.4) is 0 Å². The molecule has 0 aliphatic rings. The Labute approximate surface area is 173 Å². The predicted octanol–water partition coefficient (Wildman–Crippen LogP) is 2.64. The van der Waals surface area contributed by atoms with Crippen LogP contribution < -0.4 is 15.5 Å². The number of carbonyl (C=O) groups excluding carboxylic acids is 1. The van der Waals surface area contributed by atoms with Crippen LogP contribution in [0.5, 0.6) is 5.75 Å². The largest absolute Gasteiger partial charge is 0.491 e. The van der Waals surface area contributed by atoms with Crippen molar-refractivity contribution in [2.24, 2.45) is 0 Å². The van der Waals surface area contributed by atoms with Crippen molar-refractivity contribution in [3.05, 3.63) is 87.6 Å². The van der Waals surface area contributed by atoms with Gasteiger partial charge in [-0.3, -0.25) is 9.59 Å². The van der Waals surface area contributed by atoms with Crippen LogP contribution in [-0.2, 0) is 11.3 Å². The molecule has 0 atom stereocenters. The van der Waals surface area contributed by atoms with Crippen LogP contribution in [0.25, 0.3) is 5.69 Å². The first-order chi connectivity index (χ1) is 14.5. The monoisotopic (exact) mass is 411 g/mol. The third kappa shape index (κ3) is 5.09. The third-order valence-corrected chi connectivity index (χ3v) is 4.34. The number of rotatable bonds is 8. The van der Waals surface area contributed by atoms with Crippen LogP contribution in [0.1, 0.15) is 21.7 Å². The molecule has 0 saturated carbocycles. The molecule has 3 rings (SSSR count). The van der Waals surface area contributed by atoms with Crippen LogP contribution in [0.15, 0.2) is 59.4 Å².